The maximum Gasteiger partial charge on any atom is 0.243 e. The molecule has 16 heavy (non-hydrogen) atoms. The molecule has 88 valence electrons. The Kier molecular flexibility index (Phi) is 2.73. The molecule has 1 fully saturated rings. The maximum absolute atomic E-state index is 13.3. The molecule has 0 aliphatic carbocycles. The molecular weight excluding hydrogens is 231 g/mol. The molecule has 0 unspecified atom stereocenters. The summed E-state index contributed by atoms with van der Waals surface area (Å²) in [6, 6.07) is 3.82. The highest BCUT2D eigenvalue weighted by molar-refractivity contribution is 7.89. The molecule has 1 saturated heterocycles. The second kappa shape index (κ2) is 3.80. The standard InChI is InChI=1S/C10H13FN2O2S/c1-7-2-3-9(4-10(7)11)16(14,15)13-5-8(12)6-13/h2-4,8H,5-6,12H2,1H3. The molecule has 4 nitrogen and oxygen atoms in total. The van der Waals surface area contributed by atoms with Crippen molar-refractivity contribution in [3.63, 3.8) is 0 Å². The summed E-state index contributed by atoms with van der Waals surface area (Å²) in [5, 5.41) is 0. The number of benzene rings is 1. The van der Waals surface area contributed by atoms with Crippen molar-refractivity contribution in [2.75, 3.05) is 13.1 Å². The number of hydrogen-bond donors (Lipinski definition) is 1. The van der Waals surface area contributed by atoms with Gasteiger partial charge in [0.2, 0.25) is 10.0 Å². The van der Waals surface area contributed by atoms with E-state index >= 15 is 0 Å². The molecule has 0 radical (unpaired) electrons. The van der Waals surface area contributed by atoms with Crippen LogP contribution in [0.4, 0.5) is 4.39 Å². The highest BCUT2D eigenvalue weighted by atomic mass is 32.2. The van der Waals surface area contributed by atoms with Crippen molar-refractivity contribution < 1.29 is 12.8 Å². The average molecular weight is 244 g/mol. The lowest BCUT2D eigenvalue weighted by molar-refractivity contribution is 0.265. The first-order valence-corrected chi connectivity index (χ1v) is 6.37. The average Bonchev–Trinajstić information content (AvgIpc) is 2.17. The fourth-order valence-corrected chi connectivity index (χ4v) is 3.12. The summed E-state index contributed by atoms with van der Waals surface area (Å²) >= 11 is 0. The minimum atomic E-state index is -3.56. The molecule has 0 spiro atoms. The van der Waals surface area contributed by atoms with Gasteiger partial charge in [0.1, 0.15) is 5.82 Å². The largest absolute Gasteiger partial charge is 0.325 e. The molecule has 0 aromatic heterocycles. The van der Waals surface area contributed by atoms with Crippen LogP contribution in [0.3, 0.4) is 0 Å². The number of halogens is 1. The van der Waals surface area contributed by atoms with Gasteiger partial charge in [-0.15, -0.1) is 0 Å². The number of nitrogens with two attached hydrogens (primary N) is 1. The Hall–Kier alpha value is -0.980. The monoisotopic (exact) mass is 244 g/mol. The first-order chi connectivity index (χ1) is 7.41. The van der Waals surface area contributed by atoms with Gasteiger partial charge in [-0.3, -0.25) is 0 Å². The molecule has 1 aliphatic heterocycles. The summed E-state index contributed by atoms with van der Waals surface area (Å²) in [6.07, 6.45) is 0. The lowest BCUT2D eigenvalue weighted by atomic mass is 10.2. The molecule has 0 amide bonds. The fraction of sp³-hybridized carbons (Fsp3) is 0.400. The van der Waals surface area contributed by atoms with Gasteiger partial charge in [0.05, 0.1) is 4.90 Å². The lowest BCUT2D eigenvalue weighted by Crippen LogP contribution is -2.57. The van der Waals surface area contributed by atoms with Crippen LogP contribution in [-0.2, 0) is 10.0 Å². The van der Waals surface area contributed by atoms with Gasteiger partial charge in [-0.25, -0.2) is 12.8 Å². The number of aryl methyl sites for hydroxylation is 1. The third-order valence-corrected chi connectivity index (χ3v) is 4.48. The van der Waals surface area contributed by atoms with Crippen LogP contribution in [0.25, 0.3) is 0 Å². The fourth-order valence-electron chi connectivity index (χ4n) is 1.55. The van der Waals surface area contributed by atoms with Crippen molar-refractivity contribution in [2.24, 2.45) is 5.73 Å². The zero-order valence-electron chi connectivity index (χ0n) is 8.85. The number of hydrogen-bond acceptors (Lipinski definition) is 3. The van der Waals surface area contributed by atoms with Crippen molar-refractivity contribution in [3.05, 3.63) is 29.6 Å². The van der Waals surface area contributed by atoms with Crippen LogP contribution in [0.2, 0.25) is 0 Å². The van der Waals surface area contributed by atoms with Gasteiger partial charge in [-0.05, 0) is 24.6 Å². The second-order valence-electron chi connectivity index (χ2n) is 3.99. The molecule has 1 heterocycles. The highest BCUT2D eigenvalue weighted by Crippen LogP contribution is 2.22. The van der Waals surface area contributed by atoms with E-state index in [0.717, 1.165) is 6.07 Å². The van der Waals surface area contributed by atoms with Crippen molar-refractivity contribution in [1.29, 1.82) is 0 Å². The summed E-state index contributed by atoms with van der Waals surface area (Å²) in [5.74, 6) is -0.508. The van der Waals surface area contributed by atoms with Crippen molar-refractivity contribution in [1.82, 2.24) is 4.31 Å². The molecule has 2 rings (SSSR count). The van der Waals surface area contributed by atoms with Crippen molar-refractivity contribution in [2.45, 2.75) is 17.9 Å². The Morgan fingerprint density at radius 3 is 2.56 bits per heavy atom. The molecule has 0 atom stereocenters. The Balaban J connectivity index is 2.33. The Labute approximate surface area is 93.9 Å². The van der Waals surface area contributed by atoms with Crippen LogP contribution in [0.15, 0.2) is 23.1 Å². The zero-order valence-corrected chi connectivity index (χ0v) is 9.67. The Bertz CT molecular complexity index is 510. The van der Waals surface area contributed by atoms with Gasteiger partial charge in [-0.2, -0.15) is 4.31 Å². The predicted octanol–water partition coefficient (Wildman–Crippen LogP) is 0.466. The van der Waals surface area contributed by atoms with Gasteiger partial charge in [0.25, 0.3) is 0 Å². The van der Waals surface area contributed by atoms with Gasteiger partial charge in [0, 0.05) is 19.1 Å². The molecule has 6 heteroatoms. The lowest BCUT2D eigenvalue weighted by Gasteiger charge is -2.35. The normalized spacial score (nSPS) is 18.4. The second-order valence-corrected chi connectivity index (χ2v) is 5.93. The summed E-state index contributed by atoms with van der Waals surface area (Å²) in [5.41, 5.74) is 5.95. The van der Waals surface area contributed by atoms with Crippen LogP contribution in [0, 0.1) is 12.7 Å². The van der Waals surface area contributed by atoms with Crippen molar-refractivity contribution >= 4 is 10.0 Å². The Morgan fingerprint density at radius 2 is 2.06 bits per heavy atom. The van der Waals surface area contributed by atoms with Crippen LogP contribution >= 0.6 is 0 Å². The quantitative estimate of drug-likeness (QED) is 0.822. The summed E-state index contributed by atoms with van der Waals surface area (Å²) in [4.78, 5) is -0.0116. The topological polar surface area (TPSA) is 63.4 Å². The van der Waals surface area contributed by atoms with Gasteiger partial charge in [-0.1, -0.05) is 6.07 Å². The van der Waals surface area contributed by atoms with E-state index in [1.165, 1.54) is 16.4 Å². The number of rotatable bonds is 2. The molecule has 1 aliphatic rings. The van der Waals surface area contributed by atoms with Crippen molar-refractivity contribution in [3.8, 4) is 0 Å². The van der Waals surface area contributed by atoms with Crippen LogP contribution in [0.5, 0.6) is 0 Å². The van der Waals surface area contributed by atoms with E-state index in [2.05, 4.69) is 0 Å². The minimum absolute atomic E-state index is 0.0116. The smallest absolute Gasteiger partial charge is 0.243 e. The van der Waals surface area contributed by atoms with Gasteiger partial charge in [0.15, 0.2) is 0 Å². The number of nitrogens with zero attached hydrogens (tertiary/aromatic N) is 1. The predicted molar refractivity (Wildman–Crippen MR) is 57.9 cm³/mol. The number of sulfonamides is 1. The minimum Gasteiger partial charge on any atom is -0.325 e. The third-order valence-electron chi connectivity index (χ3n) is 2.66. The van der Waals surface area contributed by atoms with E-state index in [1.54, 1.807) is 6.92 Å². The molecular formula is C10H13FN2O2S. The molecule has 0 saturated carbocycles. The summed E-state index contributed by atoms with van der Waals surface area (Å²) < 4.78 is 38.4. The zero-order chi connectivity index (χ0) is 11.9. The van der Waals surface area contributed by atoms with E-state index in [1.807, 2.05) is 0 Å². The SMILES string of the molecule is Cc1ccc(S(=O)(=O)N2CC(N)C2)cc1F. The molecule has 1 aromatic rings. The summed E-state index contributed by atoms with van der Waals surface area (Å²) in [6.45, 7) is 2.20. The van der Waals surface area contributed by atoms with Gasteiger partial charge < -0.3 is 5.73 Å². The van der Waals surface area contributed by atoms with Crippen LogP contribution < -0.4 is 5.73 Å². The van der Waals surface area contributed by atoms with E-state index < -0.39 is 15.8 Å². The van der Waals surface area contributed by atoms with Crippen LogP contribution in [0.1, 0.15) is 5.56 Å². The molecule has 1 aromatic carbocycles. The first kappa shape index (κ1) is 11.5. The maximum atomic E-state index is 13.3. The van der Waals surface area contributed by atoms with Gasteiger partial charge >= 0.3 is 0 Å². The van der Waals surface area contributed by atoms with E-state index in [0.29, 0.717) is 18.7 Å². The van der Waals surface area contributed by atoms with E-state index in [9.17, 15) is 12.8 Å². The first-order valence-electron chi connectivity index (χ1n) is 4.93. The van der Waals surface area contributed by atoms with E-state index in [4.69, 9.17) is 5.73 Å². The molecule has 0 bridgehead atoms. The summed E-state index contributed by atoms with van der Waals surface area (Å²) in [7, 11) is -3.56. The van der Waals surface area contributed by atoms with E-state index in [-0.39, 0.29) is 10.9 Å². The van der Waals surface area contributed by atoms with Crippen LogP contribution in [-0.4, -0.2) is 31.9 Å². The molecule has 2 N–H and O–H groups in total. The Morgan fingerprint density at radius 1 is 1.44 bits per heavy atom. The highest BCUT2D eigenvalue weighted by Gasteiger charge is 2.34. The third kappa shape index (κ3) is 1.83.